The fraction of sp³-hybridized carbons (Fsp3) is 0.257. The van der Waals surface area contributed by atoms with E-state index in [-0.39, 0.29) is 29.7 Å². The Balaban J connectivity index is 1.81. The maximum Gasteiger partial charge on any atom is 0.264 e. The zero-order chi connectivity index (χ0) is 32.6. The third-order valence-electron chi connectivity index (χ3n) is 7.26. The highest BCUT2D eigenvalue weighted by Crippen LogP contribution is 2.29. The van der Waals surface area contributed by atoms with E-state index in [1.54, 1.807) is 43.3 Å². The van der Waals surface area contributed by atoms with E-state index in [4.69, 9.17) is 11.6 Å². The predicted molar refractivity (Wildman–Crippen MR) is 184 cm³/mol. The normalized spacial score (nSPS) is 12.0. The van der Waals surface area contributed by atoms with Crippen LogP contribution in [-0.4, -0.2) is 44.3 Å². The molecule has 4 aromatic carbocycles. The molecule has 0 unspecified atom stereocenters. The van der Waals surface area contributed by atoms with E-state index in [1.165, 1.54) is 17.0 Å². The molecule has 10 heteroatoms. The quantitative estimate of drug-likeness (QED) is 0.162. The van der Waals surface area contributed by atoms with Gasteiger partial charge in [0.15, 0.2) is 0 Å². The van der Waals surface area contributed by atoms with Gasteiger partial charge >= 0.3 is 0 Å². The van der Waals surface area contributed by atoms with Crippen LogP contribution < -0.4 is 9.62 Å². The van der Waals surface area contributed by atoms with E-state index in [0.29, 0.717) is 22.8 Å². The summed E-state index contributed by atoms with van der Waals surface area (Å²) in [7, 11) is -4.19. The number of halogens is 2. The number of nitrogens with zero attached hydrogens (tertiary/aromatic N) is 2. The molecule has 0 aromatic heterocycles. The van der Waals surface area contributed by atoms with Crippen molar-refractivity contribution in [2.45, 2.75) is 44.7 Å². The number of aryl methyl sites for hydroxylation is 1. The molecule has 0 bridgehead atoms. The number of carbonyl (C=O) groups is 2. The summed E-state index contributed by atoms with van der Waals surface area (Å²) in [5.41, 5.74) is 2.58. The summed E-state index contributed by atoms with van der Waals surface area (Å²) in [4.78, 5) is 29.9. The molecule has 0 heterocycles. The second kappa shape index (κ2) is 15.6. The number of rotatable bonds is 13. The maximum absolute atomic E-state index is 14.5. The maximum atomic E-state index is 14.5. The van der Waals surface area contributed by atoms with Crippen molar-refractivity contribution in [2.75, 3.05) is 17.4 Å². The Labute approximate surface area is 279 Å². The number of carbonyl (C=O) groups excluding carboxylic acids is 2. The summed E-state index contributed by atoms with van der Waals surface area (Å²) in [6.07, 6.45) is 0.248. The monoisotopic (exact) mass is 709 g/mol. The van der Waals surface area contributed by atoms with E-state index < -0.39 is 28.5 Å². The number of nitrogens with one attached hydrogen (secondary N) is 1. The van der Waals surface area contributed by atoms with Crippen LogP contribution in [0.3, 0.4) is 0 Å². The lowest BCUT2D eigenvalue weighted by Crippen LogP contribution is -2.53. The van der Waals surface area contributed by atoms with Crippen LogP contribution >= 0.6 is 27.5 Å². The summed E-state index contributed by atoms with van der Waals surface area (Å²) in [5, 5.41) is 3.45. The van der Waals surface area contributed by atoms with Crippen LogP contribution in [0.5, 0.6) is 0 Å². The molecule has 0 aliphatic rings. The molecule has 0 fully saturated rings. The molecule has 1 N–H and O–H groups in total. The predicted octanol–water partition coefficient (Wildman–Crippen LogP) is 7.02. The third kappa shape index (κ3) is 9.19. The van der Waals surface area contributed by atoms with Crippen molar-refractivity contribution in [1.29, 1.82) is 0 Å². The van der Waals surface area contributed by atoms with Gasteiger partial charge in [-0.1, -0.05) is 102 Å². The molecule has 45 heavy (non-hydrogen) atoms. The average molecular weight is 711 g/mol. The van der Waals surface area contributed by atoms with Crippen molar-refractivity contribution >= 4 is 55.1 Å². The Bertz CT molecular complexity index is 1700. The van der Waals surface area contributed by atoms with Gasteiger partial charge in [-0.3, -0.25) is 13.9 Å². The zero-order valence-corrected chi connectivity index (χ0v) is 28.6. The number of amides is 2. The Morgan fingerprint density at radius 3 is 2.09 bits per heavy atom. The fourth-order valence-electron chi connectivity index (χ4n) is 4.89. The Morgan fingerprint density at radius 1 is 0.867 bits per heavy atom. The minimum absolute atomic E-state index is 0.0436. The highest BCUT2D eigenvalue weighted by molar-refractivity contribution is 9.10. The Morgan fingerprint density at radius 2 is 1.49 bits per heavy atom. The van der Waals surface area contributed by atoms with Gasteiger partial charge in [0.05, 0.1) is 10.6 Å². The first kappa shape index (κ1) is 34.2. The molecular weight excluding hydrogens is 674 g/mol. The lowest BCUT2D eigenvalue weighted by molar-refractivity contribution is -0.140. The topological polar surface area (TPSA) is 86.8 Å². The number of hydrogen-bond donors (Lipinski definition) is 1. The van der Waals surface area contributed by atoms with Crippen LogP contribution in [0.15, 0.2) is 112 Å². The fourth-order valence-corrected chi connectivity index (χ4v) is 6.89. The molecule has 0 spiro atoms. The van der Waals surface area contributed by atoms with Crippen LogP contribution in [0, 0.1) is 12.8 Å². The van der Waals surface area contributed by atoms with Gasteiger partial charge in [0.2, 0.25) is 11.8 Å². The molecule has 4 aromatic rings. The van der Waals surface area contributed by atoms with Crippen LogP contribution in [0.25, 0.3) is 0 Å². The summed E-state index contributed by atoms with van der Waals surface area (Å²) >= 11 is 9.68. The SMILES string of the molecule is Cc1cc(Cl)ccc1N(CC(=O)N(Cc1ccc(Br)cc1)[C@H](Cc1ccccc1)C(=O)NCC(C)C)S(=O)(=O)c1ccccc1. The van der Waals surface area contributed by atoms with Crippen molar-refractivity contribution in [2.24, 2.45) is 5.92 Å². The molecular formula is C35H37BrClN3O4S. The third-order valence-corrected chi connectivity index (χ3v) is 9.80. The van der Waals surface area contributed by atoms with Crippen LogP contribution in [0.4, 0.5) is 5.69 Å². The van der Waals surface area contributed by atoms with E-state index in [2.05, 4.69) is 21.2 Å². The van der Waals surface area contributed by atoms with Gasteiger partial charge in [-0.15, -0.1) is 0 Å². The largest absolute Gasteiger partial charge is 0.354 e. The van der Waals surface area contributed by atoms with Crippen LogP contribution in [-0.2, 0) is 32.6 Å². The summed E-state index contributed by atoms with van der Waals surface area (Å²) < 4.78 is 30.2. The van der Waals surface area contributed by atoms with Crippen LogP contribution in [0.1, 0.15) is 30.5 Å². The molecule has 0 aliphatic carbocycles. The number of sulfonamides is 1. The number of benzene rings is 4. The minimum Gasteiger partial charge on any atom is -0.354 e. The first-order valence-electron chi connectivity index (χ1n) is 14.6. The van der Waals surface area contributed by atoms with Crippen molar-refractivity contribution in [3.05, 3.63) is 129 Å². The smallest absolute Gasteiger partial charge is 0.264 e. The molecule has 1 atom stereocenters. The van der Waals surface area contributed by atoms with Gasteiger partial charge in [-0.25, -0.2) is 8.42 Å². The molecule has 236 valence electrons. The Hall–Kier alpha value is -3.66. The first-order chi connectivity index (χ1) is 21.5. The van der Waals surface area contributed by atoms with Gasteiger partial charge < -0.3 is 10.2 Å². The van der Waals surface area contributed by atoms with Gasteiger partial charge in [-0.2, -0.15) is 0 Å². The molecule has 7 nitrogen and oxygen atoms in total. The van der Waals surface area contributed by atoms with Gasteiger partial charge in [0.25, 0.3) is 10.0 Å². The Kier molecular flexibility index (Phi) is 11.8. The van der Waals surface area contributed by atoms with Crippen molar-refractivity contribution in [3.8, 4) is 0 Å². The summed E-state index contributed by atoms with van der Waals surface area (Å²) in [6, 6.07) is 28.9. The standard InChI is InChI=1S/C35H37BrClN3O4S/c1-25(2)22-38-35(42)33(21-27-10-6-4-7-11-27)39(23-28-14-16-29(36)17-15-28)34(41)24-40(32-19-18-30(37)20-26(32)3)45(43,44)31-12-8-5-9-13-31/h4-20,25,33H,21-24H2,1-3H3,(H,38,42)/t33-/m1/s1. The second-order valence-corrected chi connectivity index (χ2v) is 14.5. The van der Waals surface area contributed by atoms with Gasteiger partial charge in [-0.05, 0) is 72.0 Å². The molecule has 4 rings (SSSR count). The molecule has 0 saturated heterocycles. The van der Waals surface area contributed by atoms with Gasteiger partial charge in [0.1, 0.15) is 12.6 Å². The van der Waals surface area contributed by atoms with E-state index in [0.717, 1.165) is 19.9 Å². The number of hydrogen-bond acceptors (Lipinski definition) is 4. The summed E-state index contributed by atoms with van der Waals surface area (Å²) in [6.45, 7) is 5.74. The van der Waals surface area contributed by atoms with Crippen LogP contribution in [0.2, 0.25) is 5.02 Å². The van der Waals surface area contributed by atoms with E-state index in [1.807, 2.05) is 68.4 Å². The van der Waals surface area contributed by atoms with E-state index in [9.17, 15) is 18.0 Å². The first-order valence-corrected chi connectivity index (χ1v) is 17.3. The summed E-state index contributed by atoms with van der Waals surface area (Å²) in [5.74, 6) is -0.633. The average Bonchev–Trinajstić information content (AvgIpc) is 3.02. The highest BCUT2D eigenvalue weighted by Gasteiger charge is 2.35. The van der Waals surface area contributed by atoms with Crippen molar-refractivity contribution in [3.63, 3.8) is 0 Å². The van der Waals surface area contributed by atoms with E-state index >= 15 is 0 Å². The highest BCUT2D eigenvalue weighted by atomic mass is 79.9. The zero-order valence-electron chi connectivity index (χ0n) is 25.5. The minimum atomic E-state index is -4.19. The molecule has 0 aliphatic heterocycles. The lowest BCUT2D eigenvalue weighted by Gasteiger charge is -2.34. The van der Waals surface area contributed by atoms with Crippen molar-refractivity contribution in [1.82, 2.24) is 10.2 Å². The van der Waals surface area contributed by atoms with Gasteiger partial charge in [0, 0.05) is 29.0 Å². The molecule has 0 radical (unpaired) electrons. The number of anilines is 1. The molecule has 0 saturated carbocycles. The second-order valence-electron chi connectivity index (χ2n) is 11.2. The molecule has 2 amide bonds. The van der Waals surface area contributed by atoms with Crippen molar-refractivity contribution < 1.29 is 18.0 Å². The lowest BCUT2D eigenvalue weighted by atomic mass is 10.0.